The Hall–Kier alpha value is -2.45. The average molecular weight is 357 g/mol. The largest absolute Gasteiger partial charge is 0.379 e. The van der Waals surface area contributed by atoms with E-state index in [1.165, 1.54) is 11.1 Å². The Kier molecular flexibility index (Phi) is 4.20. The molecule has 4 rings (SSSR count). The molecule has 0 unspecified atom stereocenters. The van der Waals surface area contributed by atoms with Crippen molar-refractivity contribution in [1.29, 1.82) is 0 Å². The van der Waals surface area contributed by atoms with Gasteiger partial charge >= 0.3 is 0 Å². The highest BCUT2D eigenvalue weighted by Gasteiger charge is 2.40. The molecule has 1 N–H and O–H groups in total. The van der Waals surface area contributed by atoms with E-state index in [0.717, 1.165) is 33.3 Å². The predicted molar refractivity (Wildman–Crippen MR) is 114 cm³/mol. The molecule has 1 aliphatic carbocycles. The molecule has 3 aromatic carbocycles. The van der Waals surface area contributed by atoms with Gasteiger partial charge in [-0.25, -0.2) is 4.99 Å². The van der Waals surface area contributed by atoms with Gasteiger partial charge in [0.15, 0.2) is 0 Å². The lowest BCUT2D eigenvalue weighted by Crippen LogP contribution is -2.28. The van der Waals surface area contributed by atoms with Crippen molar-refractivity contribution < 1.29 is 5.11 Å². The van der Waals surface area contributed by atoms with E-state index >= 15 is 0 Å². The summed E-state index contributed by atoms with van der Waals surface area (Å²) in [5.41, 5.74) is 5.12. The zero-order valence-corrected chi connectivity index (χ0v) is 16.7. The van der Waals surface area contributed by atoms with Crippen molar-refractivity contribution in [2.45, 2.75) is 52.1 Å². The van der Waals surface area contributed by atoms with Gasteiger partial charge in [-0.2, -0.15) is 0 Å². The molecular formula is C25H27NO. The predicted octanol–water partition coefficient (Wildman–Crippen LogP) is 6.43. The van der Waals surface area contributed by atoms with Gasteiger partial charge in [0.25, 0.3) is 0 Å². The van der Waals surface area contributed by atoms with E-state index in [9.17, 15) is 5.11 Å². The van der Waals surface area contributed by atoms with Gasteiger partial charge < -0.3 is 5.11 Å². The molecule has 0 spiro atoms. The number of benzene rings is 3. The maximum atomic E-state index is 11.5. The van der Waals surface area contributed by atoms with Gasteiger partial charge in [0.1, 0.15) is 5.60 Å². The Morgan fingerprint density at radius 1 is 0.815 bits per heavy atom. The summed E-state index contributed by atoms with van der Waals surface area (Å²) in [7, 11) is 0. The van der Waals surface area contributed by atoms with Gasteiger partial charge in [-0.1, -0.05) is 82.3 Å². The normalized spacial score (nSPS) is 20.4. The molecule has 0 aliphatic heterocycles. The van der Waals surface area contributed by atoms with Crippen LogP contribution in [0.1, 0.15) is 68.7 Å². The molecule has 0 aromatic heterocycles. The van der Waals surface area contributed by atoms with Gasteiger partial charge in [-0.05, 0) is 46.2 Å². The summed E-state index contributed by atoms with van der Waals surface area (Å²) in [6, 6.07) is 18.8. The third-order valence-electron chi connectivity index (χ3n) is 5.71. The minimum atomic E-state index is -1.10. The van der Waals surface area contributed by atoms with Crippen LogP contribution in [0.25, 0.3) is 10.8 Å². The van der Waals surface area contributed by atoms with Gasteiger partial charge in [0.2, 0.25) is 0 Å². The van der Waals surface area contributed by atoms with Crippen molar-refractivity contribution in [2.75, 3.05) is 0 Å². The molecule has 0 heterocycles. The second kappa shape index (κ2) is 6.31. The van der Waals surface area contributed by atoms with E-state index in [2.05, 4.69) is 70.2 Å². The van der Waals surface area contributed by atoms with Crippen LogP contribution in [0.3, 0.4) is 0 Å². The van der Waals surface area contributed by atoms with Crippen molar-refractivity contribution in [3.8, 4) is 0 Å². The third-order valence-corrected chi connectivity index (χ3v) is 5.71. The summed E-state index contributed by atoms with van der Waals surface area (Å²) in [6.07, 6.45) is 0. The maximum absolute atomic E-state index is 11.5. The standard InChI is InChI=1S/C25H27NO/c1-15(2)18-11-8-12-19(16(3)4)23(18)26-24-20-13-6-9-17-10-7-14-21(22(17)20)25(24,5)27/h6-16,27H,1-5H3/t25-/m1/s1. The van der Waals surface area contributed by atoms with E-state index in [1.807, 2.05) is 19.1 Å². The molecule has 138 valence electrons. The first-order chi connectivity index (χ1) is 12.8. The Labute approximate surface area is 161 Å². The van der Waals surface area contributed by atoms with Crippen molar-refractivity contribution in [1.82, 2.24) is 0 Å². The molecule has 27 heavy (non-hydrogen) atoms. The zero-order valence-electron chi connectivity index (χ0n) is 16.7. The number of hydrogen-bond donors (Lipinski definition) is 1. The highest BCUT2D eigenvalue weighted by atomic mass is 16.3. The first kappa shape index (κ1) is 17.9. The summed E-state index contributed by atoms with van der Waals surface area (Å²) in [5.74, 6) is 0.736. The third kappa shape index (κ3) is 2.71. The van der Waals surface area contributed by atoms with Crippen LogP contribution in [-0.2, 0) is 5.60 Å². The quantitative estimate of drug-likeness (QED) is 0.575. The first-order valence-corrected chi connectivity index (χ1v) is 9.79. The molecule has 3 aromatic rings. The SMILES string of the molecule is CC(C)c1cccc(C(C)C)c1N=C1c2cccc3cccc(c23)[C@@]1(C)O. The topological polar surface area (TPSA) is 32.6 Å². The molecule has 2 nitrogen and oxygen atoms in total. The summed E-state index contributed by atoms with van der Waals surface area (Å²) < 4.78 is 0. The molecule has 0 saturated carbocycles. The molecule has 0 fully saturated rings. The van der Waals surface area contributed by atoms with Gasteiger partial charge in [-0.15, -0.1) is 0 Å². The van der Waals surface area contributed by atoms with E-state index in [1.54, 1.807) is 0 Å². The lowest BCUT2D eigenvalue weighted by molar-refractivity contribution is 0.138. The molecule has 2 heteroatoms. The average Bonchev–Trinajstić information content (AvgIpc) is 2.85. The van der Waals surface area contributed by atoms with E-state index in [-0.39, 0.29) is 0 Å². The lowest BCUT2D eigenvalue weighted by Gasteiger charge is -2.22. The number of hydrogen-bond acceptors (Lipinski definition) is 2. The fraction of sp³-hybridized carbons (Fsp3) is 0.320. The van der Waals surface area contributed by atoms with Crippen LogP contribution in [0.15, 0.2) is 59.6 Å². The van der Waals surface area contributed by atoms with Crippen molar-refractivity contribution in [2.24, 2.45) is 4.99 Å². The Bertz CT molecular complexity index is 1030. The number of nitrogens with zero attached hydrogens (tertiary/aromatic N) is 1. The molecule has 1 aliphatic rings. The number of para-hydroxylation sites is 1. The number of rotatable bonds is 3. The van der Waals surface area contributed by atoms with E-state index in [0.29, 0.717) is 11.8 Å². The second-order valence-corrected chi connectivity index (χ2v) is 8.34. The Morgan fingerprint density at radius 3 is 1.96 bits per heavy atom. The Morgan fingerprint density at radius 2 is 1.37 bits per heavy atom. The fourth-order valence-corrected chi connectivity index (χ4v) is 4.26. The molecule has 0 saturated heterocycles. The number of aliphatic imine (C=N–C) groups is 1. The molecule has 0 bridgehead atoms. The summed E-state index contributed by atoms with van der Waals surface area (Å²) in [4.78, 5) is 5.16. The van der Waals surface area contributed by atoms with Crippen LogP contribution >= 0.6 is 0 Å². The molecule has 0 amide bonds. The molecule has 1 atom stereocenters. The zero-order chi connectivity index (χ0) is 19.3. The van der Waals surface area contributed by atoms with Crippen molar-refractivity contribution in [3.63, 3.8) is 0 Å². The van der Waals surface area contributed by atoms with Gasteiger partial charge in [0, 0.05) is 5.56 Å². The summed E-state index contributed by atoms with van der Waals surface area (Å²) in [6.45, 7) is 10.7. The minimum absolute atomic E-state index is 0.368. The van der Waals surface area contributed by atoms with Crippen LogP contribution in [0, 0.1) is 0 Å². The number of aliphatic hydroxyl groups is 1. The maximum Gasteiger partial charge on any atom is 0.130 e. The smallest absolute Gasteiger partial charge is 0.130 e. The highest BCUT2D eigenvalue weighted by molar-refractivity contribution is 6.22. The van der Waals surface area contributed by atoms with Gasteiger partial charge in [0.05, 0.1) is 11.4 Å². The van der Waals surface area contributed by atoms with E-state index < -0.39 is 5.60 Å². The van der Waals surface area contributed by atoms with Gasteiger partial charge in [-0.3, -0.25) is 0 Å². The van der Waals surface area contributed by atoms with Crippen LogP contribution in [0.2, 0.25) is 0 Å². The van der Waals surface area contributed by atoms with Crippen LogP contribution in [-0.4, -0.2) is 10.8 Å². The Balaban J connectivity index is 2.04. The van der Waals surface area contributed by atoms with Crippen molar-refractivity contribution >= 4 is 22.2 Å². The highest BCUT2D eigenvalue weighted by Crippen LogP contribution is 2.44. The second-order valence-electron chi connectivity index (χ2n) is 8.34. The minimum Gasteiger partial charge on any atom is -0.379 e. The van der Waals surface area contributed by atoms with Crippen molar-refractivity contribution in [3.05, 3.63) is 76.9 Å². The van der Waals surface area contributed by atoms with E-state index in [4.69, 9.17) is 4.99 Å². The summed E-state index contributed by atoms with van der Waals surface area (Å²) in [5, 5.41) is 13.8. The fourth-order valence-electron chi connectivity index (χ4n) is 4.26. The van der Waals surface area contributed by atoms with Crippen LogP contribution in [0.4, 0.5) is 5.69 Å². The summed E-state index contributed by atoms with van der Waals surface area (Å²) >= 11 is 0. The van der Waals surface area contributed by atoms with Crippen LogP contribution < -0.4 is 0 Å². The molecular weight excluding hydrogens is 330 g/mol. The lowest BCUT2D eigenvalue weighted by atomic mass is 9.91. The monoisotopic (exact) mass is 357 g/mol. The molecule has 0 radical (unpaired) electrons. The first-order valence-electron chi connectivity index (χ1n) is 9.79. The van der Waals surface area contributed by atoms with Crippen LogP contribution in [0.5, 0.6) is 0 Å².